The lowest BCUT2D eigenvalue weighted by molar-refractivity contribution is 0.0966. The number of carbonyl (C=O) groups excluding carboxylic acids is 1. The molecule has 2 heterocycles. The number of amides is 1. The number of nitrogens with zero attached hydrogens (tertiary/aromatic N) is 3. The largest absolute Gasteiger partial charge is 0.306 e. The summed E-state index contributed by atoms with van der Waals surface area (Å²) in [5.41, 5.74) is 0.370. The topological polar surface area (TPSA) is 38.1 Å². The van der Waals surface area contributed by atoms with Crippen LogP contribution in [0, 0.1) is 0 Å². The maximum absolute atomic E-state index is 13.3. The Balaban J connectivity index is 2.06. The second-order valence-corrected chi connectivity index (χ2v) is 7.84. The summed E-state index contributed by atoms with van der Waals surface area (Å²) in [5.74, 6) is -0.436. The summed E-state index contributed by atoms with van der Waals surface area (Å²) in [6.07, 6.45) is -1.52. The second kappa shape index (κ2) is 5.63. The van der Waals surface area contributed by atoms with Crippen LogP contribution < -0.4 is 4.90 Å². The van der Waals surface area contributed by atoms with Gasteiger partial charge < -0.3 is 4.90 Å². The first-order valence-electron chi connectivity index (χ1n) is 7.20. The van der Waals surface area contributed by atoms with Gasteiger partial charge in [0.05, 0.1) is 17.4 Å². The van der Waals surface area contributed by atoms with Crippen LogP contribution in [0.3, 0.4) is 0 Å². The van der Waals surface area contributed by atoms with Crippen LogP contribution in [0.5, 0.6) is 0 Å². The van der Waals surface area contributed by atoms with Crippen LogP contribution in [-0.2, 0) is 7.05 Å². The summed E-state index contributed by atoms with van der Waals surface area (Å²) in [6.45, 7) is 4.52. The summed E-state index contributed by atoms with van der Waals surface area (Å²) in [5, 5.41) is 3.83. The van der Waals surface area contributed by atoms with Gasteiger partial charge >= 0.3 is 0 Å². The van der Waals surface area contributed by atoms with Crippen molar-refractivity contribution in [3.05, 3.63) is 41.7 Å². The molecule has 122 valence electrons. The third-order valence-corrected chi connectivity index (χ3v) is 4.99. The predicted molar refractivity (Wildman–Crippen MR) is 86.2 cm³/mol. The van der Waals surface area contributed by atoms with Crippen LogP contribution in [0.15, 0.2) is 35.4 Å². The lowest BCUT2D eigenvalue weighted by Crippen LogP contribution is -2.44. The van der Waals surface area contributed by atoms with Crippen LogP contribution >= 0.6 is 11.8 Å². The third kappa shape index (κ3) is 2.85. The van der Waals surface area contributed by atoms with Crippen LogP contribution in [0.25, 0.3) is 0 Å². The number of hydrogen-bond acceptors (Lipinski definition) is 3. The highest BCUT2D eigenvalue weighted by molar-refractivity contribution is 8.00. The molecule has 3 rings (SSSR count). The molecule has 0 spiro atoms. The van der Waals surface area contributed by atoms with Crippen molar-refractivity contribution in [1.82, 2.24) is 9.78 Å². The number of carbonyl (C=O) groups is 1. The first-order chi connectivity index (χ1) is 10.8. The van der Waals surface area contributed by atoms with Gasteiger partial charge in [0.15, 0.2) is 0 Å². The van der Waals surface area contributed by atoms with Crippen LogP contribution in [-0.4, -0.2) is 27.0 Å². The van der Waals surface area contributed by atoms with Crippen molar-refractivity contribution in [2.45, 2.75) is 29.9 Å². The number of para-hydroxylation sites is 1. The molecule has 4 nitrogen and oxygen atoms in total. The third-order valence-electron chi connectivity index (χ3n) is 3.75. The Kier molecular flexibility index (Phi) is 3.91. The lowest BCUT2D eigenvalue weighted by atomic mass is 10.1. The van der Waals surface area contributed by atoms with Gasteiger partial charge in [-0.1, -0.05) is 12.1 Å². The van der Waals surface area contributed by atoms with Crippen molar-refractivity contribution in [3.8, 4) is 0 Å². The summed E-state index contributed by atoms with van der Waals surface area (Å²) in [4.78, 5) is 15.5. The fourth-order valence-electron chi connectivity index (χ4n) is 2.76. The molecule has 1 aliphatic rings. The smallest absolute Gasteiger partial charge is 0.280 e. The van der Waals surface area contributed by atoms with Crippen molar-refractivity contribution >= 4 is 23.4 Å². The summed E-state index contributed by atoms with van der Waals surface area (Å²) >= 11 is 1.68. The summed E-state index contributed by atoms with van der Waals surface area (Å²) in [6, 6.07) is 7.53. The number of thioether (sulfide) groups is 1. The normalized spacial score (nSPS) is 16.5. The molecule has 1 amide bonds. The number of benzene rings is 1. The van der Waals surface area contributed by atoms with Crippen molar-refractivity contribution in [1.29, 1.82) is 0 Å². The van der Waals surface area contributed by atoms with E-state index < -0.39 is 12.3 Å². The van der Waals surface area contributed by atoms with Crippen molar-refractivity contribution in [2.24, 2.45) is 7.05 Å². The molecule has 0 fully saturated rings. The van der Waals surface area contributed by atoms with Gasteiger partial charge in [-0.2, -0.15) is 5.10 Å². The van der Waals surface area contributed by atoms with Gasteiger partial charge in [-0.15, -0.1) is 11.8 Å². The Morgan fingerprint density at radius 3 is 2.74 bits per heavy atom. The van der Waals surface area contributed by atoms with E-state index in [0.29, 0.717) is 6.54 Å². The number of alkyl halides is 2. The second-order valence-electron chi connectivity index (χ2n) is 6.09. The quantitative estimate of drug-likeness (QED) is 0.834. The number of rotatable bonds is 2. The molecule has 0 bridgehead atoms. The van der Waals surface area contributed by atoms with Crippen molar-refractivity contribution < 1.29 is 13.6 Å². The predicted octanol–water partition coefficient (Wildman–Crippen LogP) is 3.89. The molecule has 1 aliphatic heterocycles. The highest BCUT2D eigenvalue weighted by Gasteiger charge is 2.36. The zero-order valence-corrected chi connectivity index (χ0v) is 13.9. The maximum Gasteiger partial charge on any atom is 0.280 e. The molecular formula is C16H17F2N3OS. The van der Waals surface area contributed by atoms with E-state index >= 15 is 0 Å². The van der Waals surface area contributed by atoms with Crippen molar-refractivity contribution in [2.75, 3.05) is 11.4 Å². The average molecular weight is 337 g/mol. The van der Waals surface area contributed by atoms with Crippen LogP contribution in [0.4, 0.5) is 14.5 Å². The van der Waals surface area contributed by atoms with E-state index in [1.165, 1.54) is 13.2 Å². The Hall–Kier alpha value is -1.89. The number of hydrogen-bond donors (Lipinski definition) is 0. The molecule has 7 heteroatoms. The number of fused-ring (bicyclic) bond motifs is 1. The van der Waals surface area contributed by atoms with E-state index in [1.54, 1.807) is 16.7 Å². The highest BCUT2D eigenvalue weighted by atomic mass is 32.2. The minimum atomic E-state index is -2.75. The van der Waals surface area contributed by atoms with Gasteiger partial charge in [0.25, 0.3) is 12.3 Å². The Bertz CT molecular complexity index is 758. The summed E-state index contributed by atoms with van der Waals surface area (Å²) < 4.78 is 27.4. The molecule has 0 unspecified atom stereocenters. The van der Waals surface area contributed by atoms with E-state index in [0.717, 1.165) is 15.3 Å². The Morgan fingerprint density at radius 1 is 1.35 bits per heavy atom. The van der Waals surface area contributed by atoms with Crippen molar-refractivity contribution in [3.63, 3.8) is 0 Å². The first-order valence-corrected chi connectivity index (χ1v) is 8.02. The fraction of sp³-hybridized carbons (Fsp3) is 0.375. The van der Waals surface area contributed by atoms with E-state index in [1.807, 2.05) is 38.1 Å². The molecule has 0 radical (unpaired) electrons. The van der Waals surface area contributed by atoms with Gasteiger partial charge in [-0.25, -0.2) is 8.78 Å². The van der Waals surface area contributed by atoms with E-state index in [2.05, 4.69) is 5.10 Å². The van der Waals surface area contributed by atoms with E-state index in [4.69, 9.17) is 0 Å². The van der Waals surface area contributed by atoms with Gasteiger partial charge in [-0.05, 0) is 26.0 Å². The fourth-order valence-corrected chi connectivity index (χ4v) is 3.98. The highest BCUT2D eigenvalue weighted by Crippen LogP contribution is 2.44. The number of anilines is 1. The van der Waals surface area contributed by atoms with Gasteiger partial charge in [0, 0.05) is 23.2 Å². The van der Waals surface area contributed by atoms with Gasteiger partial charge in [0.2, 0.25) is 0 Å². The van der Waals surface area contributed by atoms with E-state index in [9.17, 15) is 13.6 Å². The number of halogens is 2. The molecule has 23 heavy (non-hydrogen) atoms. The molecule has 0 N–H and O–H groups in total. The lowest BCUT2D eigenvalue weighted by Gasteiger charge is -2.38. The van der Waals surface area contributed by atoms with Gasteiger partial charge in [0.1, 0.15) is 5.69 Å². The molecule has 1 aromatic heterocycles. The standard InChI is InChI=1S/C16H17F2N3OS/c1-16(2)9-21(11-6-4-5-7-12(11)23-16)15(22)10-8-19-20(3)13(10)14(17)18/h4-8,14H,9H2,1-3H3. The van der Waals surface area contributed by atoms with Crippen LogP contribution in [0.2, 0.25) is 0 Å². The van der Waals surface area contributed by atoms with Gasteiger partial charge in [-0.3, -0.25) is 9.48 Å². The molecule has 0 saturated carbocycles. The zero-order valence-electron chi connectivity index (χ0n) is 13.1. The Labute approximate surface area is 137 Å². The molecule has 2 aromatic rings. The molecule has 1 aromatic carbocycles. The number of aryl methyl sites for hydroxylation is 1. The van der Waals surface area contributed by atoms with E-state index in [-0.39, 0.29) is 16.0 Å². The molecule has 0 aliphatic carbocycles. The maximum atomic E-state index is 13.3. The zero-order chi connectivity index (χ0) is 16.8. The average Bonchev–Trinajstić information content (AvgIpc) is 2.86. The number of aromatic nitrogens is 2. The summed E-state index contributed by atoms with van der Waals surface area (Å²) in [7, 11) is 1.42. The minimum absolute atomic E-state index is 0.0417. The monoisotopic (exact) mass is 337 g/mol. The Morgan fingerprint density at radius 2 is 2.04 bits per heavy atom. The minimum Gasteiger partial charge on any atom is -0.306 e. The first kappa shape index (κ1) is 16.0. The SMILES string of the molecule is Cn1ncc(C(=O)N2CC(C)(C)Sc3ccccc32)c1C(F)F. The molecule has 0 atom stereocenters. The molecular weight excluding hydrogens is 320 g/mol. The molecule has 0 saturated heterocycles. The van der Waals surface area contributed by atoms with Crippen LogP contribution in [0.1, 0.15) is 36.3 Å².